The van der Waals surface area contributed by atoms with E-state index in [-0.39, 0.29) is 0 Å². The van der Waals surface area contributed by atoms with Gasteiger partial charge in [-0.15, -0.1) is 0 Å². The van der Waals surface area contributed by atoms with E-state index in [1.165, 1.54) is 25.0 Å². The molecule has 2 rings (SSSR count). The summed E-state index contributed by atoms with van der Waals surface area (Å²) in [5.74, 6) is 0.838. The van der Waals surface area contributed by atoms with Gasteiger partial charge in [-0.25, -0.2) is 0 Å². The van der Waals surface area contributed by atoms with Gasteiger partial charge in [0.15, 0.2) is 0 Å². The Hall–Kier alpha value is -0.980. The van der Waals surface area contributed by atoms with Crippen LogP contribution in [0, 0.1) is 5.92 Å². The molecule has 0 radical (unpaired) electrons. The fourth-order valence-electron chi connectivity index (χ4n) is 1.32. The van der Waals surface area contributed by atoms with Crippen LogP contribution in [-0.2, 0) is 6.42 Å². The van der Waals surface area contributed by atoms with Gasteiger partial charge in [-0.1, -0.05) is 12.2 Å². The SMILES string of the molecule is C1=CC1CCCc1ccc[nH]1. The van der Waals surface area contributed by atoms with Crippen LogP contribution in [0.5, 0.6) is 0 Å². The van der Waals surface area contributed by atoms with E-state index in [2.05, 4.69) is 29.3 Å². The van der Waals surface area contributed by atoms with Crippen LogP contribution < -0.4 is 0 Å². The van der Waals surface area contributed by atoms with E-state index >= 15 is 0 Å². The summed E-state index contributed by atoms with van der Waals surface area (Å²) >= 11 is 0. The number of hydrogen-bond donors (Lipinski definition) is 1. The highest BCUT2D eigenvalue weighted by Crippen LogP contribution is 2.22. The summed E-state index contributed by atoms with van der Waals surface area (Å²) in [6, 6.07) is 4.21. The molecule has 1 aromatic rings. The summed E-state index contributed by atoms with van der Waals surface area (Å²) in [6.45, 7) is 0. The maximum absolute atomic E-state index is 3.21. The molecule has 0 spiro atoms. The first-order chi connectivity index (χ1) is 5.45. The molecule has 1 nitrogen and oxygen atoms in total. The maximum Gasteiger partial charge on any atom is 0.0147 e. The standard InChI is InChI=1S/C10H13N/c1(3-9-6-7-9)4-10-5-2-8-11-10/h2,5-9,11H,1,3-4H2. The van der Waals surface area contributed by atoms with Crippen LogP contribution in [-0.4, -0.2) is 4.98 Å². The van der Waals surface area contributed by atoms with Crippen molar-refractivity contribution in [1.29, 1.82) is 0 Å². The molecule has 0 unspecified atom stereocenters. The van der Waals surface area contributed by atoms with Crippen LogP contribution in [0.2, 0.25) is 0 Å². The monoisotopic (exact) mass is 147 g/mol. The molecule has 0 aliphatic heterocycles. The second-order valence-corrected chi connectivity index (χ2v) is 3.14. The second kappa shape index (κ2) is 2.95. The van der Waals surface area contributed by atoms with Gasteiger partial charge >= 0.3 is 0 Å². The number of aryl methyl sites for hydroxylation is 1. The topological polar surface area (TPSA) is 15.8 Å². The van der Waals surface area contributed by atoms with Crippen molar-refractivity contribution in [2.75, 3.05) is 0 Å². The first kappa shape index (κ1) is 6.71. The minimum absolute atomic E-state index is 0.838. The molecule has 1 aliphatic carbocycles. The Morgan fingerprint density at radius 3 is 2.91 bits per heavy atom. The molecular weight excluding hydrogens is 134 g/mol. The highest BCUT2D eigenvalue weighted by atomic mass is 14.7. The highest BCUT2D eigenvalue weighted by Gasteiger charge is 2.09. The predicted molar refractivity (Wildman–Crippen MR) is 46.4 cm³/mol. The smallest absolute Gasteiger partial charge is 0.0147 e. The molecule has 11 heavy (non-hydrogen) atoms. The number of aromatic nitrogens is 1. The summed E-state index contributed by atoms with van der Waals surface area (Å²) in [4.78, 5) is 3.21. The van der Waals surface area contributed by atoms with E-state index in [1.807, 2.05) is 6.20 Å². The van der Waals surface area contributed by atoms with Crippen molar-refractivity contribution in [3.8, 4) is 0 Å². The van der Waals surface area contributed by atoms with Gasteiger partial charge in [0.1, 0.15) is 0 Å². The van der Waals surface area contributed by atoms with E-state index in [0.717, 1.165) is 5.92 Å². The van der Waals surface area contributed by atoms with Crippen molar-refractivity contribution in [2.24, 2.45) is 5.92 Å². The van der Waals surface area contributed by atoms with Crippen molar-refractivity contribution >= 4 is 0 Å². The third kappa shape index (κ3) is 1.97. The zero-order valence-corrected chi connectivity index (χ0v) is 6.59. The number of H-pyrrole nitrogens is 1. The Morgan fingerprint density at radius 1 is 1.36 bits per heavy atom. The summed E-state index contributed by atoms with van der Waals surface area (Å²) in [7, 11) is 0. The van der Waals surface area contributed by atoms with Gasteiger partial charge in [0.25, 0.3) is 0 Å². The summed E-state index contributed by atoms with van der Waals surface area (Å²) in [5.41, 5.74) is 1.37. The summed E-state index contributed by atoms with van der Waals surface area (Å²) in [5, 5.41) is 0. The lowest BCUT2D eigenvalue weighted by Crippen LogP contribution is -1.86. The van der Waals surface area contributed by atoms with E-state index in [0.29, 0.717) is 0 Å². The van der Waals surface area contributed by atoms with Gasteiger partial charge < -0.3 is 4.98 Å². The molecule has 1 aliphatic rings. The summed E-state index contributed by atoms with van der Waals surface area (Å²) in [6.07, 6.45) is 10.4. The molecule has 0 saturated carbocycles. The van der Waals surface area contributed by atoms with Crippen molar-refractivity contribution in [2.45, 2.75) is 19.3 Å². The molecule has 1 N–H and O–H groups in total. The average Bonchev–Trinajstić information content (AvgIpc) is 2.66. The minimum Gasteiger partial charge on any atom is -0.365 e. The molecule has 0 saturated heterocycles. The molecule has 1 heterocycles. The Kier molecular flexibility index (Phi) is 1.80. The van der Waals surface area contributed by atoms with Crippen molar-refractivity contribution in [3.05, 3.63) is 36.2 Å². The van der Waals surface area contributed by atoms with E-state index < -0.39 is 0 Å². The van der Waals surface area contributed by atoms with Crippen LogP contribution in [0.4, 0.5) is 0 Å². The Balaban J connectivity index is 1.66. The predicted octanol–water partition coefficient (Wildman–Crippen LogP) is 2.52. The van der Waals surface area contributed by atoms with E-state index in [1.54, 1.807) is 0 Å². The van der Waals surface area contributed by atoms with Crippen LogP contribution in [0.15, 0.2) is 30.5 Å². The molecule has 0 atom stereocenters. The number of aromatic amines is 1. The molecule has 1 heteroatoms. The Bertz CT molecular complexity index is 227. The minimum atomic E-state index is 0.838. The lowest BCUT2D eigenvalue weighted by atomic mass is 10.1. The normalized spacial score (nSPS) is 15.6. The average molecular weight is 147 g/mol. The molecular formula is C10H13N. The molecule has 0 amide bonds. The number of rotatable bonds is 4. The second-order valence-electron chi connectivity index (χ2n) is 3.14. The zero-order valence-electron chi connectivity index (χ0n) is 6.59. The number of hydrogen-bond acceptors (Lipinski definition) is 0. The van der Waals surface area contributed by atoms with Crippen molar-refractivity contribution in [1.82, 2.24) is 4.98 Å². The van der Waals surface area contributed by atoms with Crippen LogP contribution in [0.1, 0.15) is 18.5 Å². The fourth-order valence-corrected chi connectivity index (χ4v) is 1.32. The van der Waals surface area contributed by atoms with E-state index in [9.17, 15) is 0 Å². The third-order valence-corrected chi connectivity index (χ3v) is 2.11. The van der Waals surface area contributed by atoms with Gasteiger partial charge in [0.05, 0.1) is 0 Å². The van der Waals surface area contributed by atoms with Crippen molar-refractivity contribution in [3.63, 3.8) is 0 Å². The quantitative estimate of drug-likeness (QED) is 0.630. The molecule has 58 valence electrons. The van der Waals surface area contributed by atoms with Gasteiger partial charge in [-0.3, -0.25) is 0 Å². The summed E-state index contributed by atoms with van der Waals surface area (Å²) < 4.78 is 0. The highest BCUT2D eigenvalue weighted by molar-refractivity contribution is 5.13. The third-order valence-electron chi connectivity index (χ3n) is 2.11. The maximum atomic E-state index is 3.21. The number of allylic oxidation sites excluding steroid dienone is 2. The molecule has 0 aromatic carbocycles. The molecule has 0 fully saturated rings. The van der Waals surface area contributed by atoms with Crippen LogP contribution >= 0.6 is 0 Å². The Labute approximate surface area is 67.1 Å². The number of nitrogens with one attached hydrogen (secondary N) is 1. The lowest BCUT2D eigenvalue weighted by molar-refractivity contribution is 0.693. The fraction of sp³-hybridized carbons (Fsp3) is 0.400. The molecule has 0 bridgehead atoms. The van der Waals surface area contributed by atoms with Crippen LogP contribution in [0.3, 0.4) is 0 Å². The van der Waals surface area contributed by atoms with Crippen molar-refractivity contribution < 1.29 is 0 Å². The Morgan fingerprint density at radius 2 is 2.27 bits per heavy atom. The van der Waals surface area contributed by atoms with Gasteiger partial charge in [0.2, 0.25) is 0 Å². The lowest BCUT2D eigenvalue weighted by Gasteiger charge is -1.96. The van der Waals surface area contributed by atoms with Gasteiger partial charge in [-0.2, -0.15) is 0 Å². The van der Waals surface area contributed by atoms with E-state index in [4.69, 9.17) is 0 Å². The van der Waals surface area contributed by atoms with Crippen LogP contribution in [0.25, 0.3) is 0 Å². The first-order valence-corrected chi connectivity index (χ1v) is 4.26. The molecule has 1 aromatic heterocycles. The van der Waals surface area contributed by atoms with Gasteiger partial charge in [0, 0.05) is 11.9 Å². The first-order valence-electron chi connectivity index (χ1n) is 4.26. The van der Waals surface area contributed by atoms with Gasteiger partial charge in [-0.05, 0) is 37.3 Å². The zero-order chi connectivity index (χ0) is 7.52. The largest absolute Gasteiger partial charge is 0.365 e.